The van der Waals surface area contributed by atoms with Crippen LogP contribution in [-0.4, -0.2) is 50.5 Å². The zero-order chi connectivity index (χ0) is 23.0. The number of nitrogens with one attached hydrogen (secondary N) is 1. The molecule has 2 aromatic rings. The minimum absolute atomic E-state index is 0.179. The van der Waals surface area contributed by atoms with Gasteiger partial charge in [-0.2, -0.15) is 0 Å². The molecule has 0 aliphatic heterocycles. The lowest BCUT2D eigenvalue weighted by Gasteiger charge is -2.31. The monoisotopic (exact) mass is 465 g/mol. The van der Waals surface area contributed by atoms with E-state index in [0.29, 0.717) is 17.3 Å². The summed E-state index contributed by atoms with van der Waals surface area (Å²) in [6, 6.07) is 14.7. The average Bonchev–Trinajstić information content (AvgIpc) is 2.74. The van der Waals surface area contributed by atoms with Crippen molar-refractivity contribution >= 4 is 39.1 Å². The van der Waals surface area contributed by atoms with Crippen molar-refractivity contribution in [3.63, 3.8) is 0 Å². The molecular weight excluding hydrogens is 438 g/mol. The van der Waals surface area contributed by atoms with E-state index in [4.69, 9.17) is 11.6 Å². The maximum atomic E-state index is 13.3. The van der Waals surface area contributed by atoms with E-state index in [1.165, 1.54) is 17.0 Å². The molecule has 2 rings (SSSR count). The quantitative estimate of drug-likeness (QED) is 0.584. The van der Waals surface area contributed by atoms with Gasteiger partial charge in [0.25, 0.3) is 0 Å². The molecule has 31 heavy (non-hydrogen) atoms. The number of halogens is 1. The highest BCUT2D eigenvalue weighted by Gasteiger charge is 2.29. The molecule has 0 aromatic heterocycles. The summed E-state index contributed by atoms with van der Waals surface area (Å²) in [5.41, 5.74) is 1.16. The van der Waals surface area contributed by atoms with Crippen LogP contribution < -0.4 is 9.62 Å². The van der Waals surface area contributed by atoms with Crippen LogP contribution >= 0.6 is 11.6 Å². The molecule has 7 nitrogen and oxygen atoms in total. The van der Waals surface area contributed by atoms with Crippen LogP contribution in [0.5, 0.6) is 0 Å². The van der Waals surface area contributed by atoms with Gasteiger partial charge in [0.05, 0.1) is 11.9 Å². The van der Waals surface area contributed by atoms with Gasteiger partial charge in [0.2, 0.25) is 21.8 Å². The zero-order valence-electron chi connectivity index (χ0n) is 17.9. The van der Waals surface area contributed by atoms with Gasteiger partial charge in [-0.25, -0.2) is 8.42 Å². The van der Waals surface area contributed by atoms with Crippen LogP contribution in [0.1, 0.15) is 25.8 Å². The Bertz CT molecular complexity index is 982. The molecule has 1 N–H and O–H groups in total. The predicted octanol–water partition coefficient (Wildman–Crippen LogP) is 3.05. The second-order valence-corrected chi connectivity index (χ2v) is 9.56. The third kappa shape index (κ3) is 7.25. The summed E-state index contributed by atoms with van der Waals surface area (Å²) in [5.74, 6) is -0.771. The molecule has 0 heterocycles. The summed E-state index contributed by atoms with van der Waals surface area (Å²) in [6.07, 6.45) is 1.80. The molecule has 0 fully saturated rings. The first kappa shape index (κ1) is 24.7. The van der Waals surface area contributed by atoms with E-state index in [0.717, 1.165) is 22.5 Å². The Morgan fingerprint density at radius 2 is 1.68 bits per heavy atom. The van der Waals surface area contributed by atoms with Crippen LogP contribution in [0.15, 0.2) is 54.6 Å². The van der Waals surface area contributed by atoms with E-state index < -0.39 is 28.5 Å². The highest BCUT2D eigenvalue weighted by molar-refractivity contribution is 7.92. The highest BCUT2D eigenvalue weighted by Crippen LogP contribution is 2.21. The highest BCUT2D eigenvalue weighted by atomic mass is 35.5. The van der Waals surface area contributed by atoms with Crippen molar-refractivity contribution < 1.29 is 18.0 Å². The number of hydrogen-bond donors (Lipinski definition) is 1. The normalized spacial score (nSPS) is 12.1. The van der Waals surface area contributed by atoms with Gasteiger partial charge < -0.3 is 10.2 Å². The van der Waals surface area contributed by atoms with Crippen LogP contribution in [-0.2, 0) is 26.2 Å². The summed E-state index contributed by atoms with van der Waals surface area (Å²) >= 11 is 5.91. The molecule has 1 atom stereocenters. The summed E-state index contributed by atoms with van der Waals surface area (Å²) in [7, 11) is -3.75. The molecule has 2 amide bonds. The fourth-order valence-electron chi connectivity index (χ4n) is 2.98. The molecule has 0 saturated heterocycles. The first-order valence-corrected chi connectivity index (χ1v) is 12.2. The van der Waals surface area contributed by atoms with Gasteiger partial charge >= 0.3 is 0 Å². The lowest BCUT2D eigenvalue weighted by atomic mass is 10.1. The average molecular weight is 466 g/mol. The second-order valence-electron chi connectivity index (χ2n) is 7.22. The van der Waals surface area contributed by atoms with E-state index in [1.807, 2.05) is 37.3 Å². The van der Waals surface area contributed by atoms with Gasteiger partial charge in [-0.1, -0.05) is 48.9 Å². The number of anilines is 1. The van der Waals surface area contributed by atoms with Crippen LogP contribution in [0, 0.1) is 0 Å². The molecule has 0 aliphatic carbocycles. The van der Waals surface area contributed by atoms with Crippen molar-refractivity contribution in [3.05, 3.63) is 65.2 Å². The van der Waals surface area contributed by atoms with E-state index >= 15 is 0 Å². The van der Waals surface area contributed by atoms with E-state index in [9.17, 15) is 18.0 Å². The van der Waals surface area contributed by atoms with Crippen molar-refractivity contribution in [2.75, 3.05) is 23.7 Å². The fourth-order valence-corrected chi connectivity index (χ4v) is 3.96. The number of benzene rings is 2. The number of sulfonamides is 1. The lowest BCUT2D eigenvalue weighted by Crippen LogP contribution is -2.51. The summed E-state index contributed by atoms with van der Waals surface area (Å²) in [6.45, 7) is 3.82. The van der Waals surface area contributed by atoms with Crippen molar-refractivity contribution in [2.45, 2.75) is 32.9 Å². The minimum Gasteiger partial charge on any atom is -0.354 e. The van der Waals surface area contributed by atoms with E-state index in [2.05, 4.69) is 5.32 Å². The smallest absolute Gasteiger partial charge is 0.244 e. The molecule has 0 aliphatic rings. The maximum absolute atomic E-state index is 13.3. The standard InChI is InChI=1S/C22H28ClN3O4S/c1-4-14-24-22(28)17(2)25(15-18-8-6-5-7-9-18)21(27)16-26(31(3,29)30)20-12-10-19(23)11-13-20/h5-13,17H,4,14-16H2,1-3H3,(H,24,28). The SMILES string of the molecule is CCCNC(=O)C(C)N(Cc1ccccc1)C(=O)CN(c1ccc(Cl)cc1)S(C)(=O)=O. The van der Waals surface area contributed by atoms with Crippen molar-refractivity contribution in [3.8, 4) is 0 Å². The molecule has 0 radical (unpaired) electrons. The van der Waals surface area contributed by atoms with Crippen LogP contribution in [0.2, 0.25) is 5.02 Å². The Hall–Kier alpha value is -2.58. The number of carbonyl (C=O) groups is 2. The number of carbonyl (C=O) groups excluding carboxylic acids is 2. The summed E-state index contributed by atoms with van der Waals surface area (Å²) in [4.78, 5) is 27.3. The second kappa shape index (κ2) is 11.2. The van der Waals surface area contributed by atoms with Crippen molar-refractivity contribution in [1.29, 1.82) is 0 Å². The molecule has 0 spiro atoms. The molecule has 168 valence electrons. The van der Waals surface area contributed by atoms with E-state index in [-0.39, 0.29) is 12.5 Å². The van der Waals surface area contributed by atoms with Crippen LogP contribution in [0.4, 0.5) is 5.69 Å². The third-order valence-electron chi connectivity index (χ3n) is 4.71. The van der Waals surface area contributed by atoms with Gasteiger partial charge in [-0.3, -0.25) is 13.9 Å². The molecule has 1 unspecified atom stereocenters. The Balaban J connectivity index is 2.32. The molecule has 0 saturated carbocycles. The first-order valence-electron chi connectivity index (χ1n) is 9.98. The van der Waals surface area contributed by atoms with Crippen molar-refractivity contribution in [1.82, 2.24) is 10.2 Å². The number of amides is 2. The van der Waals surface area contributed by atoms with Crippen molar-refractivity contribution in [2.24, 2.45) is 0 Å². The number of hydrogen-bond acceptors (Lipinski definition) is 4. The Morgan fingerprint density at radius 1 is 1.06 bits per heavy atom. The molecular formula is C22H28ClN3O4S. The molecule has 0 bridgehead atoms. The van der Waals surface area contributed by atoms with Crippen LogP contribution in [0.3, 0.4) is 0 Å². The minimum atomic E-state index is -3.75. The molecule has 9 heteroatoms. The van der Waals surface area contributed by atoms with Gasteiger partial charge in [0.1, 0.15) is 12.6 Å². The fraction of sp³-hybridized carbons (Fsp3) is 0.364. The lowest BCUT2D eigenvalue weighted by molar-refractivity contribution is -0.139. The topological polar surface area (TPSA) is 86.8 Å². The maximum Gasteiger partial charge on any atom is 0.244 e. The molecule has 2 aromatic carbocycles. The Kier molecular flexibility index (Phi) is 8.88. The zero-order valence-corrected chi connectivity index (χ0v) is 19.5. The Morgan fingerprint density at radius 3 is 2.23 bits per heavy atom. The summed E-state index contributed by atoms with van der Waals surface area (Å²) in [5, 5.41) is 3.25. The number of rotatable bonds is 10. The van der Waals surface area contributed by atoms with Gasteiger partial charge in [-0.05, 0) is 43.2 Å². The largest absolute Gasteiger partial charge is 0.354 e. The predicted molar refractivity (Wildman–Crippen MR) is 123 cm³/mol. The van der Waals surface area contributed by atoms with Crippen LogP contribution in [0.25, 0.3) is 0 Å². The number of nitrogens with zero attached hydrogens (tertiary/aromatic N) is 2. The third-order valence-corrected chi connectivity index (χ3v) is 6.10. The summed E-state index contributed by atoms with van der Waals surface area (Å²) < 4.78 is 25.9. The van der Waals surface area contributed by atoms with E-state index in [1.54, 1.807) is 19.1 Å². The van der Waals surface area contributed by atoms with Gasteiger partial charge in [0.15, 0.2) is 0 Å². The van der Waals surface area contributed by atoms with Gasteiger partial charge in [-0.15, -0.1) is 0 Å². The van der Waals surface area contributed by atoms with Gasteiger partial charge in [0, 0.05) is 18.1 Å². The first-order chi connectivity index (χ1) is 14.6. The Labute approximate surface area is 189 Å².